The van der Waals surface area contributed by atoms with Crippen LogP contribution in [0.2, 0.25) is 0 Å². The van der Waals surface area contributed by atoms with E-state index in [1.54, 1.807) is 12.4 Å². The Morgan fingerprint density at radius 2 is 2.08 bits per heavy atom. The standard InChI is InChI=1S/C17H15Br2N5OS/c1-10(16(25)21-14-6-5-12(18)8-13(14)19)26-17-23-22-15(24(17)2)11-4-3-7-20-9-11/h3-10H,1-2H3,(H,21,25). The van der Waals surface area contributed by atoms with Crippen molar-refractivity contribution >= 4 is 55.2 Å². The smallest absolute Gasteiger partial charge is 0.237 e. The minimum absolute atomic E-state index is 0.107. The Bertz CT molecular complexity index is 932. The summed E-state index contributed by atoms with van der Waals surface area (Å²) in [5.41, 5.74) is 1.60. The summed E-state index contributed by atoms with van der Waals surface area (Å²) in [7, 11) is 1.88. The number of thioether (sulfide) groups is 1. The third kappa shape index (κ3) is 4.33. The molecule has 2 aromatic heterocycles. The van der Waals surface area contributed by atoms with Gasteiger partial charge >= 0.3 is 0 Å². The van der Waals surface area contributed by atoms with Gasteiger partial charge in [0.25, 0.3) is 0 Å². The molecule has 6 nitrogen and oxygen atoms in total. The van der Waals surface area contributed by atoms with Gasteiger partial charge in [0.2, 0.25) is 5.91 Å². The van der Waals surface area contributed by atoms with Crippen LogP contribution in [0.4, 0.5) is 5.69 Å². The maximum absolute atomic E-state index is 12.5. The van der Waals surface area contributed by atoms with Gasteiger partial charge in [0, 0.05) is 34.0 Å². The average molecular weight is 497 g/mol. The lowest BCUT2D eigenvalue weighted by molar-refractivity contribution is -0.115. The number of nitrogens with zero attached hydrogens (tertiary/aromatic N) is 4. The summed E-state index contributed by atoms with van der Waals surface area (Å²) in [4.78, 5) is 16.6. The molecular weight excluding hydrogens is 482 g/mol. The number of aromatic nitrogens is 4. The summed E-state index contributed by atoms with van der Waals surface area (Å²) in [5, 5.41) is 11.7. The van der Waals surface area contributed by atoms with Gasteiger partial charge < -0.3 is 9.88 Å². The molecule has 1 atom stereocenters. The van der Waals surface area contributed by atoms with Crippen molar-refractivity contribution in [1.82, 2.24) is 19.7 Å². The number of pyridine rings is 1. The first kappa shape index (κ1) is 19.1. The minimum atomic E-state index is -0.338. The highest BCUT2D eigenvalue weighted by Crippen LogP contribution is 2.29. The van der Waals surface area contributed by atoms with Gasteiger partial charge in [-0.2, -0.15) is 0 Å². The highest BCUT2D eigenvalue weighted by atomic mass is 79.9. The van der Waals surface area contributed by atoms with Crippen molar-refractivity contribution in [2.45, 2.75) is 17.3 Å². The number of nitrogens with one attached hydrogen (secondary N) is 1. The number of rotatable bonds is 5. The number of halogens is 2. The van der Waals surface area contributed by atoms with Crippen molar-refractivity contribution in [3.05, 3.63) is 51.7 Å². The molecule has 0 radical (unpaired) electrons. The third-order valence-electron chi connectivity index (χ3n) is 3.60. The fourth-order valence-electron chi connectivity index (χ4n) is 2.20. The largest absolute Gasteiger partial charge is 0.324 e. The zero-order chi connectivity index (χ0) is 18.7. The van der Waals surface area contributed by atoms with E-state index in [2.05, 4.69) is 52.4 Å². The van der Waals surface area contributed by atoms with Crippen LogP contribution in [0.3, 0.4) is 0 Å². The summed E-state index contributed by atoms with van der Waals surface area (Å²) in [5.74, 6) is 0.604. The topological polar surface area (TPSA) is 72.7 Å². The maximum Gasteiger partial charge on any atom is 0.237 e. The minimum Gasteiger partial charge on any atom is -0.324 e. The third-order valence-corrected chi connectivity index (χ3v) is 5.88. The normalized spacial score (nSPS) is 12.0. The zero-order valence-corrected chi connectivity index (χ0v) is 18.0. The molecule has 0 fully saturated rings. The van der Waals surface area contributed by atoms with Crippen LogP contribution < -0.4 is 5.32 Å². The molecule has 3 rings (SSSR count). The number of carbonyl (C=O) groups excluding carboxylic acids is 1. The second-order valence-corrected chi connectivity index (χ2v) is 8.56. The molecule has 1 unspecified atom stereocenters. The Morgan fingerprint density at radius 1 is 1.27 bits per heavy atom. The van der Waals surface area contributed by atoms with E-state index in [0.29, 0.717) is 11.0 Å². The monoisotopic (exact) mass is 495 g/mol. The predicted molar refractivity (Wildman–Crippen MR) is 110 cm³/mol. The van der Waals surface area contributed by atoms with Gasteiger partial charge in [0.05, 0.1) is 10.9 Å². The summed E-state index contributed by atoms with van der Waals surface area (Å²) in [6, 6.07) is 9.37. The van der Waals surface area contributed by atoms with Crippen LogP contribution in [0.5, 0.6) is 0 Å². The molecule has 1 N–H and O–H groups in total. The van der Waals surface area contributed by atoms with Crippen molar-refractivity contribution in [2.75, 3.05) is 5.32 Å². The van der Waals surface area contributed by atoms with Crippen molar-refractivity contribution in [2.24, 2.45) is 7.05 Å². The summed E-state index contributed by atoms with van der Waals surface area (Å²) in [6.07, 6.45) is 3.45. The molecule has 1 amide bonds. The lowest BCUT2D eigenvalue weighted by Crippen LogP contribution is -2.23. The lowest BCUT2D eigenvalue weighted by atomic mass is 10.3. The first-order valence-electron chi connectivity index (χ1n) is 7.68. The summed E-state index contributed by atoms with van der Waals surface area (Å²) >= 11 is 8.20. The highest BCUT2D eigenvalue weighted by Gasteiger charge is 2.20. The Hall–Kier alpha value is -1.71. The molecule has 0 aliphatic carbocycles. The summed E-state index contributed by atoms with van der Waals surface area (Å²) in [6.45, 7) is 1.84. The Morgan fingerprint density at radius 3 is 2.77 bits per heavy atom. The number of hydrogen-bond donors (Lipinski definition) is 1. The van der Waals surface area contributed by atoms with E-state index in [1.807, 2.05) is 48.9 Å². The number of hydrogen-bond acceptors (Lipinski definition) is 5. The number of benzene rings is 1. The Labute approximate surface area is 172 Å². The molecule has 0 saturated heterocycles. The van der Waals surface area contributed by atoms with Crippen LogP contribution in [0.15, 0.2) is 56.8 Å². The number of anilines is 1. The predicted octanol–water partition coefficient (Wildman–Crippen LogP) is 4.52. The Kier molecular flexibility index (Phi) is 6.10. The van der Waals surface area contributed by atoms with Crippen molar-refractivity contribution in [3.63, 3.8) is 0 Å². The molecule has 1 aromatic carbocycles. The zero-order valence-electron chi connectivity index (χ0n) is 14.0. The van der Waals surface area contributed by atoms with Crippen molar-refractivity contribution in [1.29, 1.82) is 0 Å². The molecule has 9 heteroatoms. The van der Waals surface area contributed by atoms with Gasteiger partial charge in [-0.15, -0.1) is 10.2 Å². The van der Waals surface area contributed by atoms with Gasteiger partial charge in [-0.3, -0.25) is 9.78 Å². The van der Waals surface area contributed by atoms with Crippen LogP contribution in [-0.4, -0.2) is 30.9 Å². The van der Waals surface area contributed by atoms with E-state index in [1.165, 1.54) is 11.8 Å². The van der Waals surface area contributed by atoms with Crippen molar-refractivity contribution < 1.29 is 4.79 Å². The molecule has 2 heterocycles. The van der Waals surface area contributed by atoms with Crippen LogP contribution in [0, 0.1) is 0 Å². The molecule has 0 saturated carbocycles. The molecular formula is C17H15Br2N5OS. The van der Waals surface area contributed by atoms with Gasteiger partial charge in [0.1, 0.15) is 0 Å². The SMILES string of the molecule is CC(Sc1nnc(-c2cccnc2)n1C)C(=O)Nc1ccc(Br)cc1Br. The molecule has 3 aromatic rings. The second-order valence-electron chi connectivity index (χ2n) is 5.48. The van der Waals surface area contributed by atoms with E-state index in [4.69, 9.17) is 0 Å². The second kappa shape index (κ2) is 8.32. The molecule has 26 heavy (non-hydrogen) atoms. The van der Waals surface area contributed by atoms with Gasteiger partial charge in [-0.25, -0.2) is 0 Å². The molecule has 0 spiro atoms. The summed E-state index contributed by atoms with van der Waals surface area (Å²) < 4.78 is 3.61. The van der Waals surface area contributed by atoms with E-state index in [-0.39, 0.29) is 11.2 Å². The quantitative estimate of drug-likeness (QED) is 0.525. The van der Waals surface area contributed by atoms with E-state index >= 15 is 0 Å². The first-order valence-corrected chi connectivity index (χ1v) is 10.1. The van der Waals surface area contributed by atoms with Crippen LogP contribution in [-0.2, 0) is 11.8 Å². The van der Waals surface area contributed by atoms with Crippen molar-refractivity contribution in [3.8, 4) is 11.4 Å². The molecule has 0 aliphatic rings. The van der Waals surface area contributed by atoms with Crippen LogP contribution in [0.1, 0.15) is 6.92 Å². The van der Waals surface area contributed by atoms with Crippen LogP contribution >= 0.6 is 43.6 Å². The van der Waals surface area contributed by atoms with E-state index in [0.717, 1.165) is 20.2 Å². The maximum atomic E-state index is 12.5. The van der Waals surface area contributed by atoms with Gasteiger partial charge in [-0.05, 0) is 53.2 Å². The molecule has 134 valence electrons. The molecule has 0 aliphatic heterocycles. The fraction of sp³-hybridized carbons (Fsp3) is 0.176. The number of amides is 1. The first-order chi connectivity index (χ1) is 12.5. The Balaban J connectivity index is 1.71. The molecule has 0 bridgehead atoms. The van der Waals surface area contributed by atoms with Gasteiger partial charge in [0.15, 0.2) is 11.0 Å². The lowest BCUT2D eigenvalue weighted by Gasteiger charge is -2.13. The van der Waals surface area contributed by atoms with Crippen LogP contribution in [0.25, 0.3) is 11.4 Å². The van der Waals surface area contributed by atoms with E-state index < -0.39 is 0 Å². The van der Waals surface area contributed by atoms with Gasteiger partial charge in [-0.1, -0.05) is 27.7 Å². The number of carbonyl (C=O) groups is 1. The highest BCUT2D eigenvalue weighted by molar-refractivity contribution is 9.11. The average Bonchev–Trinajstić information content (AvgIpc) is 2.98. The fourth-order valence-corrected chi connectivity index (χ4v) is 4.16. The van der Waals surface area contributed by atoms with E-state index in [9.17, 15) is 4.79 Å².